The molecule has 128 valence electrons. The van der Waals surface area contributed by atoms with Gasteiger partial charge in [0.15, 0.2) is 0 Å². The van der Waals surface area contributed by atoms with E-state index < -0.39 is 6.10 Å². The predicted octanol–water partition coefficient (Wildman–Crippen LogP) is 3.81. The first kappa shape index (κ1) is 17.3. The van der Waals surface area contributed by atoms with E-state index in [9.17, 15) is 5.11 Å². The molecule has 2 aromatic carbocycles. The Hall–Kier alpha value is -1.55. The summed E-state index contributed by atoms with van der Waals surface area (Å²) >= 11 is 6.01. The van der Waals surface area contributed by atoms with Crippen LogP contribution in [0.3, 0.4) is 0 Å². The Morgan fingerprint density at radius 1 is 1.04 bits per heavy atom. The van der Waals surface area contributed by atoms with Gasteiger partial charge in [-0.1, -0.05) is 35.9 Å². The molecule has 24 heavy (non-hydrogen) atoms. The summed E-state index contributed by atoms with van der Waals surface area (Å²) in [5.74, 6) is 0. The number of aliphatic hydroxyl groups excluding tert-OH is 1. The van der Waals surface area contributed by atoms with E-state index in [1.54, 1.807) is 0 Å². The highest BCUT2D eigenvalue weighted by Gasteiger charge is 2.21. The summed E-state index contributed by atoms with van der Waals surface area (Å²) in [4.78, 5) is 4.78. The highest BCUT2D eigenvalue weighted by atomic mass is 35.5. The molecule has 0 aliphatic carbocycles. The van der Waals surface area contributed by atoms with E-state index in [2.05, 4.69) is 41.8 Å². The maximum absolute atomic E-state index is 10.4. The van der Waals surface area contributed by atoms with Crippen molar-refractivity contribution in [2.45, 2.75) is 20.0 Å². The van der Waals surface area contributed by atoms with Crippen LogP contribution in [0.2, 0.25) is 5.02 Å². The van der Waals surface area contributed by atoms with Crippen molar-refractivity contribution in [1.82, 2.24) is 4.90 Å². The van der Waals surface area contributed by atoms with Gasteiger partial charge >= 0.3 is 0 Å². The molecule has 4 heteroatoms. The van der Waals surface area contributed by atoms with Gasteiger partial charge in [0, 0.05) is 43.4 Å². The third-order valence-electron chi connectivity index (χ3n) is 4.95. The molecule has 1 atom stereocenters. The van der Waals surface area contributed by atoms with Crippen LogP contribution in [0.4, 0.5) is 5.69 Å². The summed E-state index contributed by atoms with van der Waals surface area (Å²) in [6.07, 6.45) is -0.490. The third kappa shape index (κ3) is 3.92. The highest BCUT2D eigenvalue weighted by Crippen LogP contribution is 2.25. The summed E-state index contributed by atoms with van der Waals surface area (Å²) in [6, 6.07) is 14.0. The molecule has 0 saturated carbocycles. The Balaban J connectivity index is 1.58. The molecular formula is C20H25ClN2O. The molecule has 3 nitrogen and oxygen atoms in total. The second kappa shape index (κ2) is 7.56. The standard InChI is InChI=1S/C20H25ClN2O/c1-15-5-3-8-19(16(15)2)23-11-9-22(10-12-23)14-20(24)17-6-4-7-18(21)13-17/h3-8,13,20,24H,9-12,14H2,1-2H3. The summed E-state index contributed by atoms with van der Waals surface area (Å²) in [6.45, 7) is 8.92. The zero-order chi connectivity index (χ0) is 17.1. The number of aryl methyl sites for hydroxylation is 1. The van der Waals surface area contributed by atoms with E-state index >= 15 is 0 Å². The Morgan fingerprint density at radius 3 is 2.46 bits per heavy atom. The van der Waals surface area contributed by atoms with Gasteiger partial charge in [0.1, 0.15) is 0 Å². The quantitative estimate of drug-likeness (QED) is 0.913. The first-order chi connectivity index (χ1) is 11.5. The number of rotatable bonds is 4. The highest BCUT2D eigenvalue weighted by molar-refractivity contribution is 6.30. The molecule has 2 aromatic rings. The Labute approximate surface area is 149 Å². The van der Waals surface area contributed by atoms with Gasteiger partial charge in [-0.05, 0) is 48.7 Å². The first-order valence-corrected chi connectivity index (χ1v) is 8.89. The average molecular weight is 345 g/mol. The molecule has 0 spiro atoms. The molecule has 1 fully saturated rings. The molecule has 1 heterocycles. The number of aliphatic hydroxyl groups is 1. The summed E-state index contributed by atoms with van der Waals surface area (Å²) in [7, 11) is 0. The van der Waals surface area contributed by atoms with Gasteiger partial charge in [-0.3, -0.25) is 4.90 Å². The second-order valence-electron chi connectivity index (χ2n) is 6.58. The molecule has 1 aliphatic heterocycles. The smallest absolute Gasteiger partial charge is 0.0917 e. The van der Waals surface area contributed by atoms with Crippen LogP contribution in [-0.4, -0.2) is 42.7 Å². The summed E-state index contributed by atoms with van der Waals surface area (Å²) in [5, 5.41) is 11.1. The Kier molecular flexibility index (Phi) is 5.44. The van der Waals surface area contributed by atoms with Gasteiger partial charge in [-0.15, -0.1) is 0 Å². The molecular weight excluding hydrogens is 320 g/mol. The van der Waals surface area contributed by atoms with Gasteiger partial charge < -0.3 is 10.0 Å². The van der Waals surface area contributed by atoms with Crippen LogP contribution >= 0.6 is 11.6 Å². The minimum atomic E-state index is -0.490. The summed E-state index contributed by atoms with van der Waals surface area (Å²) in [5.41, 5.74) is 4.93. The molecule has 3 rings (SSSR count). The zero-order valence-corrected chi connectivity index (χ0v) is 15.1. The number of β-amino-alcohol motifs (C(OH)–C–C–N with tert-alkyl or cyclic N) is 1. The molecule has 1 N–H and O–H groups in total. The number of halogens is 1. The van der Waals surface area contributed by atoms with Crippen molar-refractivity contribution in [3.8, 4) is 0 Å². The van der Waals surface area contributed by atoms with E-state index in [1.165, 1.54) is 16.8 Å². The molecule has 0 radical (unpaired) electrons. The third-order valence-corrected chi connectivity index (χ3v) is 5.19. The van der Waals surface area contributed by atoms with Gasteiger partial charge in [0.2, 0.25) is 0 Å². The van der Waals surface area contributed by atoms with Crippen LogP contribution in [0, 0.1) is 13.8 Å². The van der Waals surface area contributed by atoms with Crippen molar-refractivity contribution in [1.29, 1.82) is 0 Å². The number of nitrogens with zero attached hydrogens (tertiary/aromatic N) is 2. The van der Waals surface area contributed by atoms with Crippen molar-refractivity contribution < 1.29 is 5.11 Å². The van der Waals surface area contributed by atoms with E-state index in [4.69, 9.17) is 11.6 Å². The summed E-state index contributed by atoms with van der Waals surface area (Å²) < 4.78 is 0. The van der Waals surface area contributed by atoms with Crippen LogP contribution in [0.1, 0.15) is 22.8 Å². The molecule has 1 saturated heterocycles. The van der Waals surface area contributed by atoms with Crippen molar-refractivity contribution >= 4 is 17.3 Å². The molecule has 0 bridgehead atoms. The lowest BCUT2D eigenvalue weighted by atomic mass is 10.1. The Bertz CT molecular complexity index is 696. The lowest BCUT2D eigenvalue weighted by molar-refractivity contribution is 0.109. The second-order valence-corrected chi connectivity index (χ2v) is 7.01. The number of anilines is 1. The zero-order valence-electron chi connectivity index (χ0n) is 14.4. The Morgan fingerprint density at radius 2 is 1.75 bits per heavy atom. The fraction of sp³-hybridized carbons (Fsp3) is 0.400. The average Bonchev–Trinajstić information content (AvgIpc) is 2.58. The monoisotopic (exact) mass is 344 g/mol. The fourth-order valence-electron chi connectivity index (χ4n) is 3.31. The SMILES string of the molecule is Cc1cccc(N2CCN(CC(O)c3cccc(Cl)c3)CC2)c1C. The van der Waals surface area contributed by atoms with Gasteiger partial charge in [-0.25, -0.2) is 0 Å². The van der Waals surface area contributed by atoms with Crippen molar-refractivity contribution in [2.24, 2.45) is 0 Å². The minimum Gasteiger partial charge on any atom is -0.387 e. The number of benzene rings is 2. The number of hydrogen-bond acceptors (Lipinski definition) is 3. The maximum atomic E-state index is 10.4. The van der Waals surface area contributed by atoms with Gasteiger partial charge in [0.05, 0.1) is 6.10 Å². The normalized spacial score (nSPS) is 17.1. The largest absolute Gasteiger partial charge is 0.387 e. The lowest BCUT2D eigenvalue weighted by Gasteiger charge is -2.37. The lowest BCUT2D eigenvalue weighted by Crippen LogP contribution is -2.47. The number of hydrogen-bond donors (Lipinski definition) is 1. The fourth-order valence-corrected chi connectivity index (χ4v) is 3.51. The number of piperazine rings is 1. The van der Waals surface area contributed by atoms with Crippen molar-refractivity contribution in [3.63, 3.8) is 0 Å². The van der Waals surface area contributed by atoms with Crippen LogP contribution in [0.15, 0.2) is 42.5 Å². The van der Waals surface area contributed by atoms with Crippen molar-refractivity contribution in [3.05, 3.63) is 64.2 Å². The van der Waals surface area contributed by atoms with Crippen LogP contribution < -0.4 is 4.90 Å². The predicted molar refractivity (Wildman–Crippen MR) is 101 cm³/mol. The van der Waals surface area contributed by atoms with Crippen LogP contribution in [0.5, 0.6) is 0 Å². The van der Waals surface area contributed by atoms with Gasteiger partial charge in [0.25, 0.3) is 0 Å². The minimum absolute atomic E-state index is 0.490. The van der Waals surface area contributed by atoms with Gasteiger partial charge in [-0.2, -0.15) is 0 Å². The molecule has 0 aromatic heterocycles. The molecule has 1 unspecified atom stereocenters. The van der Waals surface area contributed by atoms with E-state index in [0.29, 0.717) is 11.6 Å². The topological polar surface area (TPSA) is 26.7 Å². The van der Waals surface area contributed by atoms with Crippen molar-refractivity contribution in [2.75, 3.05) is 37.6 Å². The maximum Gasteiger partial charge on any atom is 0.0917 e. The van der Waals surface area contributed by atoms with E-state index in [1.807, 2.05) is 24.3 Å². The van der Waals surface area contributed by atoms with Crippen LogP contribution in [-0.2, 0) is 0 Å². The van der Waals surface area contributed by atoms with E-state index in [0.717, 1.165) is 31.7 Å². The first-order valence-electron chi connectivity index (χ1n) is 8.51. The molecule has 0 amide bonds. The van der Waals surface area contributed by atoms with Crippen LogP contribution in [0.25, 0.3) is 0 Å². The molecule has 1 aliphatic rings. The van der Waals surface area contributed by atoms with E-state index in [-0.39, 0.29) is 0 Å².